The average Bonchev–Trinajstić information content (AvgIpc) is 3.27. The molecule has 2 aromatic rings. The Morgan fingerprint density at radius 1 is 1.44 bits per heavy atom. The van der Waals surface area contributed by atoms with Crippen LogP contribution in [0.1, 0.15) is 6.92 Å². The molecule has 0 spiro atoms. The lowest BCUT2D eigenvalue weighted by atomic mass is 10.2. The Kier molecular flexibility index (Phi) is 5.66. The summed E-state index contributed by atoms with van der Waals surface area (Å²) in [6, 6.07) is 6.15. The second-order valence-corrected chi connectivity index (χ2v) is 8.61. The fraction of sp³-hybridized carbons (Fsp3) is 0.286. The van der Waals surface area contributed by atoms with Crippen molar-refractivity contribution in [2.75, 3.05) is 17.6 Å². The fourth-order valence-electron chi connectivity index (χ4n) is 1.94. The van der Waals surface area contributed by atoms with Crippen LogP contribution >= 0.6 is 34.9 Å². The largest absolute Gasteiger partial charge is 0.300 e. The predicted molar refractivity (Wildman–Crippen MR) is 102 cm³/mol. The van der Waals surface area contributed by atoms with Crippen LogP contribution in [0.15, 0.2) is 29.3 Å². The summed E-state index contributed by atoms with van der Waals surface area (Å²) in [5.74, 6) is 0.779. The number of nitro groups is 1. The summed E-state index contributed by atoms with van der Waals surface area (Å²) >= 11 is 4.25. The number of carbonyl (C=O) groups excluding carboxylic acids is 1. The van der Waals surface area contributed by atoms with Gasteiger partial charge in [0.2, 0.25) is 11.0 Å². The summed E-state index contributed by atoms with van der Waals surface area (Å²) in [5.41, 5.74) is 0.574. The highest BCUT2D eigenvalue weighted by atomic mass is 32.2. The molecule has 3 rings (SSSR count). The summed E-state index contributed by atoms with van der Waals surface area (Å²) in [4.78, 5) is 26.9. The maximum absolute atomic E-state index is 12.2. The van der Waals surface area contributed by atoms with Crippen LogP contribution in [0.4, 0.5) is 10.8 Å². The average molecular weight is 395 g/mol. The highest BCUT2D eigenvalue weighted by molar-refractivity contribution is 8.39. The number of hydrogen-bond acceptors (Lipinski definition) is 9. The van der Waals surface area contributed by atoms with Gasteiger partial charge in [-0.3, -0.25) is 25.2 Å². The molecule has 130 valence electrons. The van der Waals surface area contributed by atoms with Gasteiger partial charge in [-0.05, 0) is 6.92 Å². The summed E-state index contributed by atoms with van der Waals surface area (Å²) < 4.78 is 0.928. The number of nitrogens with zero attached hydrogens (tertiary/aromatic N) is 4. The molecule has 1 aromatic heterocycles. The van der Waals surface area contributed by atoms with Gasteiger partial charge in [-0.2, -0.15) is 0 Å². The van der Waals surface area contributed by atoms with Gasteiger partial charge in [0.1, 0.15) is 9.38 Å². The molecular formula is C14H13N5O3S3. The van der Waals surface area contributed by atoms with Gasteiger partial charge < -0.3 is 0 Å². The van der Waals surface area contributed by atoms with E-state index in [1.165, 1.54) is 35.2 Å². The molecule has 11 heteroatoms. The predicted octanol–water partition coefficient (Wildman–Crippen LogP) is 3.28. The molecule has 1 aromatic carbocycles. The van der Waals surface area contributed by atoms with E-state index in [9.17, 15) is 14.9 Å². The molecule has 8 nitrogen and oxygen atoms in total. The first-order valence-corrected chi connectivity index (χ1v) is 9.94. The Hall–Kier alpha value is -1.98. The number of benzene rings is 1. The molecule has 0 aliphatic carbocycles. The number of non-ortho nitro benzene ring substituents is 1. The maximum Gasteiger partial charge on any atom is 0.270 e. The quantitative estimate of drug-likeness (QED) is 0.611. The van der Waals surface area contributed by atoms with Gasteiger partial charge in [0.05, 0.1) is 16.7 Å². The molecule has 0 saturated carbocycles. The van der Waals surface area contributed by atoms with Crippen LogP contribution in [-0.2, 0) is 4.79 Å². The fourth-order valence-corrected chi connectivity index (χ4v) is 4.81. The smallest absolute Gasteiger partial charge is 0.270 e. The molecule has 1 N–H and O–H groups in total. The number of aliphatic imine (C=N–C) groups is 1. The lowest BCUT2D eigenvalue weighted by Crippen LogP contribution is -2.23. The Morgan fingerprint density at radius 2 is 2.28 bits per heavy atom. The van der Waals surface area contributed by atoms with E-state index in [-0.39, 0.29) is 16.8 Å². The minimum Gasteiger partial charge on any atom is -0.300 e. The van der Waals surface area contributed by atoms with Crippen molar-refractivity contribution < 1.29 is 9.72 Å². The third-order valence-corrected chi connectivity index (χ3v) is 6.35. The minimum absolute atomic E-state index is 0.0156. The molecule has 25 heavy (non-hydrogen) atoms. The lowest BCUT2D eigenvalue weighted by molar-refractivity contribution is -0.384. The highest BCUT2D eigenvalue weighted by Gasteiger charge is 2.20. The van der Waals surface area contributed by atoms with Crippen LogP contribution in [0.5, 0.6) is 0 Å². The van der Waals surface area contributed by atoms with Gasteiger partial charge in [-0.25, -0.2) is 0 Å². The van der Waals surface area contributed by atoms with Gasteiger partial charge in [0.25, 0.3) is 5.69 Å². The van der Waals surface area contributed by atoms with Crippen molar-refractivity contribution in [3.05, 3.63) is 34.4 Å². The third-order valence-electron chi connectivity index (χ3n) is 3.16. The van der Waals surface area contributed by atoms with Crippen molar-refractivity contribution in [1.29, 1.82) is 0 Å². The Labute approximate surface area is 155 Å². The van der Waals surface area contributed by atoms with E-state index in [4.69, 9.17) is 0 Å². The molecule has 0 unspecified atom stereocenters. The Bertz CT molecular complexity index is 839. The molecule has 2 heterocycles. The SMILES string of the molecule is C[C@H](SC1=NCCS1)C(=O)Nc1nnc(-c2cccc([N+](=O)[O-])c2)s1. The van der Waals surface area contributed by atoms with Gasteiger partial charge in [0.15, 0.2) is 0 Å². The van der Waals surface area contributed by atoms with E-state index < -0.39 is 4.92 Å². The molecule has 1 amide bonds. The van der Waals surface area contributed by atoms with Crippen LogP contribution in [0.3, 0.4) is 0 Å². The number of rotatable bonds is 5. The van der Waals surface area contributed by atoms with Crippen molar-refractivity contribution in [2.24, 2.45) is 4.99 Å². The molecule has 0 fully saturated rings. The second-order valence-electron chi connectivity index (χ2n) is 4.97. The number of hydrogen-bond donors (Lipinski definition) is 1. The zero-order valence-electron chi connectivity index (χ0n) is 13.0. The summed E-state index contributed by atoms with van der Waals surface area (Å²) in [5, 5.41) is 22.1. The molecule has 0 saturated heterocycles. The Morgan fingerprint density at radius 3 is 3.00 bits per heavy atom. The van der Waals surface area contributed by atoms with E-state index >= 15 is 0 Å². The van der Waals surface area contributed by atoms with Gasteiger partial charge in [-0.15, -0.1) is 10.2 Å². The Balaban J connectivity index is 1.66. The first kappa shape index (κ1) is 17.8. The van der Waals surface area contributed by atoms with Crippen molar-refractivity contribution in [2.45, 2.75) is 12.2 Å². The monoisotopic (exact) mass is 395 g/mol. The standard InChI is InChI=1S/C14H13N5O3S3/c1-8(24-14-15-5-6-23-14)11(20)16-13-18-17-12(25-13)9-3-2-4-10(7-9)19(21)22/h2-4,7-8H,5-6H2,1H3,(H,16,18,20)/t8-/m0/s1. The molecule has 1 atom stereocenters. The summed E-state index contributed by atoms with van der Waals surface area (Å²) in [6.07, 6.45) is 0. The van der Waals surface area contributed by atoms with Crippen LogP contribution in [0.2, 0.25) is 0 Å². The van der Waals surface area contributed by atoms with Crippen LogP contribution in [0.25, 0.3) is 10.6 Å². The summed E-state index contributed by atoms with van der Waals surface area (Å²) in [7, 11) is 0. The number of carbonyl (C=O) groups is 1. The zero-order valence-corrected chi connectivity index (χ0v) is 15.5. The van der Waals surface area contributed by atoms with E-state index in [1.54, 1.807) is 23.9 Å². The van der Waals surface area contributed by atoms with Crippen molar-refractivity contribution in [1.82, 2.24) is 10.2 Å². The molecule has 0 bridgehead atoms. The maximum atomic E-state index is 12.2. The number of nitrogens with one attached hydrogen (secondary N) is 1. The minimum atomic E-state index is -0.462. The normalized spacial score (nSPS) is 14.8. The van der Waals surface area contributed by atoms with Gasteiger partial charge in [0, 0.05) is 23.4 Å². The van der Waals surface area contributed by atoms with Crippen LogP contribution < -0.4 is 5.32 Å². The van der Waals surface area contributed by atoms with E-state index in [0.29, 0.717) is 15.7 Å². The van der Waals surface area contributed by atoms with Gasteiger partial charge in [-0.1, -0.05) is 47.0 Å². The molecule has 1 aliphatic rings. The van der Waals surface area contributed by atoms with Crippen molar-refractivity contribution >= 4 is 56.0 Å². The number of thioether (sulfide) groups is 2. The third kappa shape index (κ3) is 4.55. The topological polar surface area (TPSA) is 110 Å². The second kappa shape index (κ2) is 7.93. The molecule has 1 aliphatic heterocycles. The summed E-state index contributed by atoms with van der Waals surface area (Å²) in [6.45, 7) is 2.61. The van der Waals surface area contributed by atoms with Crippen molar-refractivity contribution in [3.8, 4) is 10.6 Å². The number of aromatic nitrogens is 2. The molecular weight excluding hydrogens is 382 g/mol. The van der Waals surface area contributed by atoms with E-state index in [2.05, 4.69) is 20.5 Å². The highest BCUT2D eigenvalue weighted by Crippen LogP contribution is 2.30. The van der Waals surface area contributed by atoms with Crippen LogP contribution in [-0.4, -0.2) is 43.0 Å². The van der Waals surface area contributed by atoms with E-state index in [1.807, 2.05) is 6.92 Å². The number of nitro benzene ring substituents is 1. The van der Waals surface area contributed by atoms with Gasteiger partial charge >= 0.3 is 0 Å². The molecule has 0 radical (unpaired) electrons. The number of anilines is 1. The first-order chi connectivity index (χ1) is 12.0. The first-order valence-electron chi connectivity index (χ1n) is 7.26. The lowest BCUT2D eigenvalue weighted by Gasteiger charge is -2.09. The zero-order chi connectivity index (χ0) is 17.8. The van der Waals surface area contributed by atoms with Crippen LogP contribution in [0, 0.1) is 10.1 Å². The van der Waals surface area contributed by atoms with E-state index in [0.717, 1.165) is 16.7 Å². The number of amides is 1. The van der Waals surface area contributed by atoms with Crippen molar-refractivity contribution in [3.63, 3.8) is 0 Å².